The number of carbonyl (C=O) groups excluding carboxylic acids is 1. The average molecular weight is 323 g/mol. The molecule has 6 nitrogen and oxygen atoms in total. The Morgan fingerprint density at radius 1 is 1.38 bits per heavy atom. The maximum atomic E-state index is 12.2. The normalized spacial score (nSPS) is 16.2. The van der Waals surface area contributed by atoms with Crippen LogP contribution in [0.1, 0.15) is 42.5 Å². The Morgan fingerprint density at radius 3 is 2.88 bits per heavy atom. The molecule has 0 fully saturated rings. The van der Waals surface area contributed by atoms with Crippen LogP contribution in [0.2, 0.25) is 0 Å². The van der Waals surface area contributed by atoms with E-state index in [0.29, 0.717) is 18.4 Å². The Kier molecular flexibility index (Phi) is 4.90. The van der Waals surface area contributed by atoms with Crippen LogP contribution in [0.15, 0.2) is 24.3 Å². The summed E-state index contributed by atoms with van der Waals surface area (Å²) in [4.78, 5) is 12.2. The van der Waals surface area contributed by atoms with E-state index in [0.717, 1.165) is 43.0 Å². The van der Waals surface area contributed by atoms with Crippen LogP contribution in [0.25, 0.3) is 0 Å². The number of rotatable bonds is 5. The molecule has 3 rings (SSSR count). The van der Waals surface area contributed by atoms with E-state index in [1.807, 2.05) is 12.1 Å². The molecule has 1 N–H and O–H groups in total. The van der Waals surface area contributed by atoms with E-state index in [4.69, 9.17) is 5.26 Å². The largest absolute Gasteiger partial charge is 0.352 e. The predicted octanol–water partition coefficient (Wildman–Crippen LogP) is 1.78. The second-order valence-electron chi connectivity index (χ2n) is 6.11. The van der Waals surface area contributed by atoms with Crippen LogP contribution in [0.3, 0.4) is 0 Å². The summed E-state index contributed by atoms with van der Waals surface area (Å²) in [6.07, 6.45) is 3.75. The van der Waals surface area contributed by atoms with Crippen molar-refractivity contribution in [3.8, 4) is 6.07 Å². The van der Waals surface area contributed by atoms with E-state index >= 15 is 0 Å². The van der Waals surface area contributed by atoms with Crippen molar-refractivity contribution in [3.05, 3.63) is 47.0 Å². The van der Waals surface area contributed by atoms with Crippen LogP contribution < -0.4 is 5.32 Å². The number of nitrogens with one attached hydrogen (secondary N) is 1. The first-order valence-electron chi connectivity index (χ1n) is 8.39. The number of aryl methyl sites for hydroxylation is 3. The summed E-state index contributed by atoms with van der Waals surface area (Å²) in [5.74, 6) is 2.08. The van der Waals surface area contributed by atoms with Crippen molar-refractivity contribution in [2.45, 2.75) is 51.6 Å². The van der Waals surface area contributed by atoms with E-state index < -0.39 is 0 Å². The maximum absolute atomic E-state index is 12.2. The molecule has 0 aliphatic carbocycles. The third-order valence-electron chi connectivity index (χ3n) is 4.43. The van der Waals surface area contributed by atoms with Gasteiger partial charge in [0.25, 0.3) is 0 Å². The number of nitriles is 1. The molecule has 1 unspecified atom stereocenters. The van der Waals surface area contributed by atoms with Gasteiger partial charge in [-0.2, -0.15) is 5.26 Å². The van der Waals surface area contributed by atoms with Gasteiger partial charge in [-0.05, 0) is 30.5 Å². The van der Waals surface area contributed by atoms with Gasteiger partial charge in [0.15, 0.2) is 0 Å². The van der Waals surface area contributed by atoms with Gasteiger partial charge in [0.1, 0.15) is 11.6 Å². The smallest absolute Gasteiger partial charge is 0.220 e. The monoisotopic (exact) mass is 323 g/mol. The van der Waals surface area contributed by atoms with Crippen LogP contribution in [0, 0.1) is 11.3 Å². The third-order valence-corrected chi connectivity index (χ3v) is 4.43. The fourth-order valence-electron chi connectivity index (χ4n) is 3.07. The van der Waals surface area contributed by atoms with Crippen molar-refractivity contribution in [2.75, 3.05) is 0 Å². The highest BCUT2D eigenvalue weighted by Crippen LogP contribution is 2.16. The minimum absolute atomic E-state index is 0.0685. The second kappa shape index (κ2) is 7.26. The first kappa shape index (κ1) is 16.2. The number of carbonyl (C=O) groups is 1. The molecule has 1 aromatic carbocycles. The maximum Gasteiger partial charge on any atom is 0.220 e. The predicted molar refractivity (Wildman–Crippen MR) is 89.1 cm³/mol. The highest BCUT2D eigenvalue weighted by molar-refractivity contribution is 5.76. The van der Waals surface area contributed by atoms with Crippen LogP contribution in [-0.4, -0.2) is 26.7 Å². The number of amides is 1. The summed E-state index contributed by atoms with van der Waals surface area (Å²) in [6, 6.07) is 9.63. The Bertz CT molecular complexity index is 743. The quantitative estimate of drug-likeness (QED) is 0.909. The number of fused-ring (bicyclic) bond motifs is 1. The zero-order valence-corrected chi connectivity index (χ0v) is 13.8. The number of aromatic nitrogens is 3. The molecule has 0 saturated heterocycles. The van der Waals surface area contributed by atoms with E-state index in [1.165, 1.54) is 0 Å². The van der Waals surface area contributed by atoms with Crippen molar-refractivity contribution in [1.29, 1.82) is 5.26 Å². The van der Waals surface area contributed by atoms with E-state index in [-0.39, 0.29) is 11.9 Å². The summed E-state index contributed by atoms with van der Waals surface area (Å²) in [5, 5.41) is 20.3. The molecular weight excluding hydrogens is 302 g/mol. The average Bonchev–Trinajstić information content (AvgIpc) is 3.02. The minimum atomic E-state index is 0.0685. The Balaban J connectivity index is 1.51. The van der Waals surface area contributed by atoms with Gasteiger partial charge in [-0.15, -0.1) is 10.2 Å². The zero-order valence-electron chi connectivity index (χ0n) is 13.8. The number of hydrogen-bond acceptors (Lipinski definition) is 4. The molecule has 124 valence electrons. The van der Waals surface area contributed by atoms with E-state index in [2.05, 4.69) is 33.1 Å². The molecule has 0 radical (unpaired) electrons. The SMILES string of the molecule is CCc1nnc2n1CC(NC(=O)CCc1ccc(C#N)cc1)CC2. The second-order valence-corrected chi connectivity index (χ2v) is 6.11. The van der Waals surface area contributed by atoms with Crippen molar-refractivity contribution >= 4 is 5.91 Å². The summed E-state index contributed by atoms with van der Waals surface area (Å²) in [5.41, 5.74) is 1.71. The third kappa shape index (κ3) is 3.62. The van der Waals surface area contributed by atoms with Crippen LogP contribution in [0.5, 0.6) is 0 Å². The van der Waals surface area contributed by atoms with Gasteiger partial charge in [0.2, 0.25) is 5.91 Å². The lowest BCUT2D eigenvalue weighted by atomic mass is 10.1. The van der Waals surface area contributed by atoms with Crippen LogP contribution >= 0.6 is 0 Å². The van der Waals surface area contributed by atoms with Gasteiger partial charge in [-0.3, -0.25) is 4.79 Å². The first-order chi connectivity index (χ1) is 11.7. The first-order valence-corrected chi connectivity index (χ1v) is 8.39. The number of hydrogen-bond donors (Lipinski definition) is 1. The Morgan fingerprint density at radius 2 is 2.17 bits per heavy atom. The van der Waals surface area contributed by atoms with Crippen LogP contribution in [0.4, 0.5) is 0 Å². The van der Waals surface area contributed by atoms with Crippen LogP contribution in [-0.2, 0) is 30.6 Å². The van der Waals surface area contributed by atoms with Gasteiger partial charge in [-0.1, -0.05) is 19.1 Å². The Labute approximate surface area is 141 Å². The molecule has 2 heterocycles. The summed E-state index contributed by atoms with van der Waals surface area (Å²) in [6.45, 7) is 2.82. The summed E-state index contributed by atoms with van der Waals surface area (Å²) in [7, 11) is 0. The molecule has 2 aromatic rings. The highest BCUT2D eigenvalue weighted by Gasteiger charge is 2.23. The molecule has 1 aliphatic rings. The lowest BCUT2D eigenvalue weighted by molar-refractivity contribution is -0.122. The molecule has 1 atom stereocenters. The number of benzene rings is 1. The van der Waals surface area contributed by atoms with E-state index in [9.17, 15) is 4.79 Å². The molecule has 0 saturated carbocycles. The fraction of sp³-hybridized carbons (Fsp3) is 0.444. The van der Waals surface area contributed by atoms with Gasteiger partial charge < -0.3 is 9.88 Å². The Hall–Kier alpha value is -2.68. The molecule has 0 bridgehead atoms. The van der Waals surface area contributed by atoms with Gasteiger partial charge in [0, 0.05) is 31.8 Å². The zero-order chi connectivity index (χ0) is 16.9. The highest BCUT2D eigenvalue weighted by atomic mass is 16.1. The molecule has 1 aromatic heterocycles. The number of nitrogens with zero attached hydrogens (tertiary/aromatic N) is 4. The topological polar surface area (TPSA) is 83.6 Å². The minimum Gasteiger partial charge on any atom is -0.352 e. The van der Waals surface area contributed by atoms with Crippen molar-refractivity contribution in [1.82, 2.24) is 20.1 Å². The molecule has 24 heavy (non-hydrogen) atoms. The lowest BCUT2D eigenvalue weighted by Crippen LogP contribution is -2.41. The van der Waals surface area contributed by atoms with Crippen molar-refractivity contribution in [3.63, 3.8) is 0 Å². The van der Waals surface area contributed by atoms with Gasteiger partial charge >= 0.3 is 0 Å². The van der Waals surface area contributed by atoms with Crippen molar-refractivity contribution < 1.29 is 4.79 Å². The molecular formula is C18H21N5O. The molecule has 1 aliphatic heterocycles. The van der Waals surface area contributed by atoms with Crippen molar-refractivity contribution in [2.24, 2.45) is 0 Å². The van der Waals surface area contributed by atoms with E-state index in [1.54, 1.807) is 12.1 Å². The lowest BCUT2D eigenvalue weighted by Gasteiger charge is -2.25. The fourth-order valence-corrected chi connectivity index (χ4v) is 3.07. The molecule has 0 spiro atoms. The standard InChI is InChI=1S/C18H21N5O/c1-2-16-21-22-17-9-8-15(12-23(16)17)20-18(24)10-7-13-3-5-14(11-19)6-4-13/h3-6,15H,2,7-10,12H2,1H3,(H,20,24). The van der Waals surface area contributed by atoms with Gasteiger partial charge in [0.05, 0.1) is 11.6 Å². The molecule has 6 heteroatoms. The molecule has 1 amide bonds. The summed E-state index contributed by atoms with van der Waals surface area (Å²) < 4.78 is 2.13. The summed E-state index contributed by atoms with van der Waals surface area (Å²) >= 11 is 0. The van der Waals surface area contributed by atoms with Gasteiger partial charge in [-0.25, -0.2) is 0 Å².